The number of pyridine rings is 1. The van der Waals surface area contributed by atoms with E-state index in [9.17, 15) is 4.79 Å². The van der Waals surface area contributed by atoms with Gasteiger partial charge in [0.25, 0.3) is 5.91 Å². The Balaban J connectivity index is 2.34. The third-order valence-electron chi connectivity index (χ3n) is 3.34. The molecule has 1 aromatic heterocycles. The van der Waals surface area contributed by atoms with Crippen LogP contribution in [0, 0.1) is 6.92 Å². The minimum Gasteiger partial charge on any atom is -0.490 e. The van der Waals surface area contributed by atoms with Gasteiger partial charge in [-0.05, 0) is 52.0 Å². The van der Waals surface area contributed by atoms with E-state index in [1.54, 1.807) is 18.3 Å². The minimum absolute atomic E-state index is 0.268. The summed E-state index contributed by atoms with van der Waals surface area (Å²) in [4.78, 5) is 16.8. The van der Waals surface area contributed by atoms with Gasteiger partial charge in [-0.25, -0.2) is 0 Å². The summed E-state index contributed by atoms with van der Waals surface area (Å²) in [5.74, 6) is 1.22. The molecule has 0 fully saturated rings. The summed E-state index contributed by atoms with van der Waals surface area (Å²) in [6.07, 6.45) is 1.62. The number of carbonyl (C=O) groups is 1. The number of nitrogens with zero attached hydrogens (tertiary/aromatic N) is 1. The van der Waals surface area contributed by atoms with Crippen LogP contribution in [0.15, 0.2) is 30.5 Å². The third kappa shape index (κ3) is 4.86. The maximum atomic E-state index is 12.6. The van der Waals surface area contributed by atoms with Gasteiger partial charge in [0.1, 0.15) is 0 Å². The molecule has 25 heavy (non-hydrogen) atoms. The highest BCUT2D eigenvalue weighted by Crippen LogP contribution is 2.39. The molecule has 134 valence electrons. The first-order chi connectivity index (χ1) is 12.1. The zero-order valence-corrected chi connectivity index (χ0v) is 15.1. The van der Waals surface area contributed by atoms with Crippen LogP contribution in [0.25, 0.3) is 0 Å². The highest BCUT2D eigenvalue weighted by Gasteiger charge is 2.18. The summed E-state index contributed by atoms with van der Waals surface area (Å²) in [6.45, 7) is 8.91. The lowest BCUT2D eigenvalue weighted by Gasteiger charge is -2.17. The maximum Gasteiger partial charge on any atom is 0.255 e. The Morgan fingerprint density at radius 1 is 1.00 bits per heavy atom. The van der Waals surface area contributed by atoms with Crippen LogP contribution in [0.4, 0.5) is 5.69 Å². The summed E-state index contributed by atoms with van der Waals surface area (Å²) in [5, 5.41) is 2.82. The molecule has 0 unspecified atom stereocenters. The quantitative estimate of drug-likeness (QED) is 0.788. The molecule has 1 amide bonds. The molecule has 0 bridgehead atoms. The number of aryl methyl sites for hydroxylation is 1. The maximum absolute atomic E-state index is 12.6. The molecular weight excluding hydrogens is 320 g/mol. The van der Waals surface area contributed by atoms with Crippen molar-refractivity contribution < 1.29 is 19.0 Å². The van der Waals surface area contributed by atoms with Gasteiger partial charge in [-0.15, -0.1) is 0 Å². The van der Waals surface area contributed by atoms with Crippen molar-refractivity contribution in [2.24, 2.45) is 0 Å². The van der Waals surface area contributed by atoms with Crippen LogP contribution in [0.1, 0.15) is 36.8 Å². The molecule has 0 radical (unpaired) electrons. The Kier molecular flexibility index (Phi) is 6.62. The molecule has 0 aliphatic rings. The molecule has 0 aliphatic heterocycles. The Morgan fingerprint density at radius 3 is 2.08 bits per heavy atom. The third-order valence-corrected chi connectivity index (χ3v) is 3.34. The summed E-state index contributed by atoms with van der Waals surface area (Å²) < 4.78 is 16.9. The molecule has 0 aliphatic carbocycles. The van der Waals surface area contributed by atoms with Crippen molar-refractivity contribution in [3.63, 3.8) is 0 Å². The number of amides is 1. The Hall–Kier alpha value is -2.76. The normalized spacial score (nSPS) is 10.2. The lowest BCUT2D eigenvalue weighted by atomic mass is 10.1. The van der Waals surface area contributed by atoms with Crippen molar-refractivity contribution >= 4 is 11.6 Å². The van der Waals surface area contributed by atoms with Crippen molar-refractivity contribution in [2.75, 3.05) is 25.1 Å². The Labute approximate surface area is 148 Å². The molecule has 0 spiro atoms. The molecule has 2 rings (SSSR count). The molecule has 0 saturated heterocycles. The largest absolute Gasteiger partial charge is 0.490 e. The van der Waals surface area contributed by atoms with Gasteiger partial charge >= 0.3 is 0 Å². The number of benzene rings is 1. The van der Waals surface area contributed by atoms with E-state index in [1.165, 1.54) is 0 Å². The molecule has 1 aromatic carbocycles. The fraction of sp³-hybridized carbons (Fsp3) is 0.368. The van der Waals surface area contributed by atoms with Gasteiger partial charge in [0.2, 0.25) is 5.75 Å². The monoisotopic (exact) mass is 344 g/mol. The van der Waals surface area contributed by atoms with Crippen LogP contribution in [0.5, 0.6) is 17.2 Å². The number of nitrogens with one attached hydrogen (secondary N) is 1. The van der Waals surface area contributed by atoms with Crippen molar-refractivity contribution in [3.8, 4) is 17.2 Å². The SMILES string of the molecule is CCOc1cc(C(=O)Nc2ccc(C)nc2)cc(OCC)c1OCC. The first kappa shape index (κ1) is 18.6. The minimum atomic E-state index is -0.268. The number of carbonyl (C=O) groups excluding carboxylic acids is 1. The first-order valence-corrected chi connectivity index (χ1v) is 8.39. The summed E-state index contributed by atoms with van der Waals surface area (Å²) >= 11 is 0. The molecule has 0 saturated carbocycles. The average Bonchev–Trinajstić information content (AvgIpc) is 2.60. The van der Waals surface area contributed by atoms with E-state index >= 15 is 0 Å². The number of aromatic nitrogens is 1. The van der Waals surface area contributed by atoms with E-state index in [0.29, 0.717) is 48.3 Å². The second kappa shape index (κ2) is 8.92. The van der Waals surface area contributed by atoms with E-state index in [-0.39, 0.29) is 5.91 Å². The second-order valence-electron chi connectivity index (χ2n) is 5.24. The molecule has 2 aromatic rings. The standard InChI is InChI=1S/C19H24N2O4/c1-5-23-16-10-14(11-17(24-6-2)18(16)25-7-3)19(22)21-15-9-8-13(4)20-12-15/h8-12H,5-7H2,1-4H3,(H,21,22). The second-order valence-corrected chi connectivity index (χ2v) is 5.24. The van der Waals surface area contributed by atoms with Crippen LogP contribution in [-0.2, 0) is 0 Å². The lowest BCUT2D eigenvalue weighted by molar-refractivity contribution is 0.102. The van der Waals surface area contributed by atoms with Crippen LogP contribution in [-0.4, -0.2) is 30.7 Å². The van der Waals surface area contributed by atoms with Crippen LogP contribution in [0.3, 0.4) is 0 Å². The molecule has 1 heterocycles. The Morgan fingerprint density at radius 2 is 1.60 bits per heavy atom. The van der Waals surface area contributed by atoms with Crippen molar-refractivity contribution in [1.29, 1.82) is 0 Å². The number of ether oxygens (including phenoxy) is 3. The van der Waals surface area contributed by atoms with E-state index in [4.69, 9.17) is 14.2 Å². The number of hydrogen-bond acceptors (Lipinski definition) is 5. The molecule has 6 heteroatoms. The van der Waals surface area contributed by atoms with Crippen molar-refractivity contribution in [1.82, 2.24) is 4.98 Å². The van der Waals surface area contributed by atoms with Gasteiger partial charge in [0.15, 0.2) is 11.5 Å². The van der Waals surface area contributed by atoms with Crippen molar-refractivity contribution in [3.05, 3.63) is 41.7 Å². The fourth-order valence-corrected chi connectivity index (χ4v) is 2.26. The zero-order chi connectivity index (χ0) is 18.2. The predicted octanol–water partition coefficient (Wildman–Crippen LogP) is 3.84. The Bertz CT molecular complexity index is 687. The zero-order valence-electron chi connectivity index (χ0n) is 15.1. The van der Waals surface area contributed by atoms with E-state index in [0.717, 1.165) is 5.69 Å². The summed E-state index contributed by atoms with van der Waals surface area (Å²) in [6, 6.07) is 6.97. The number of rotatable bonds is 8. The first-order valence-electron chi connectivity index (χ1n) is 8.39. The summed E-state index contributed by atoms with van der Waals surface area (Å²) in [5.41, 5.74) is 1.94. The number of hydrogen-bond donors (Lipinski definition) is 1. The topological polar surface area (TPSA) is 69.7 Å². The van der Waals surface area contributed by atoms with Gasteiger partial charge in [-0.1, -0.05) is 0 Å². The lowest BCUT2D eigenvalue weighted by Crippen LogP contribution is -2.13. The van der Waals surface area contributed by atoms with Crippen LogP contribution in [0.2, 0.25) is 0 Å². The molecule has 6 nitrogen and oxygen atoms in total. The highest BCUT2D eigenvalue weighted by atomic mass is 16.5. The van der Waals surface area contributed by atoms with Crippen molar-refractivity contribution in [2.45, 2.75) is 27.7 Å². The molecule has 1 N–H and O–H groups in total. The average molecular weight is 344 g/mol. The van der Waals surface area contributed by atoms with E-state index in [1.807, 2.05) is 39.8 Å². The summed E-state index contributed by atoms with van der Waals surface area (Å²) in [7, 11) is 0. The fourth-order valence-electron chi connectivity index (χ4n) is 2.26. The van der Waals surface area contributed by atoms with Gasteiger partial charge in [-0.3, -0.25) is 9.78 Å². The number of anilines is 1. The van der Waals surface area contributed by atoms with Gasteiger partial charge in [-0.2, -0.15) is 0 Å². The van der Waals surface area contributed by atoms with Gasteiger partial charge in [0, 0.05) is 11.3 Å². The van der Waals surface area contributed by atoms with Crippen LogP contribution >= 0.6 is 0 Å². The van der Waals surface area contributed by atoms with Gasteiger partial charge in [0.05, 0.1) is 31.7 Å². The molecular formula is C19H24N2O4. The van der Waals surface area contributed by atoms with Crippen LogP contribution < -0.4 is 19.5 Å². The smallest absolute Gasteiger partial charge is 0.255 e. The van der Waals surface area contributed by atoms with E-state index in [2.05, 4.69) is 10.3 Å². The highest BCUT2D eigenvalue weighted by molar-refractivity contribution is 6.05. The molecule has 0 atom stereocenters. The predicted molar refractivity (Wildman–Crippen MR) is 96.9 cm³/mol. The van der Waals surface area contributed by atoms with Gasteiger partial charge < -0.3 is 19.5 Å². The van der Waals surface area contributed by atoms with E-state index < -0.39 is 0 Å².